The summed E-state index contributed by atoms with van der Waals surface area (Å²) < 4.78 is 27.4. The number of ether oxygens (including phenoxy) is 1. The van der Waals surface area contributed by atoms with E-state index in [2.05, 4.69) is 16.0 Å². The van der Waals surface area contributed by atoms with Crippen molar-refractivity contribution in [2.24, 2.45) is 0 Å². The first kappa shape index (κ1) is 14.6. The number of hydrogen-bond acceptors (Lipinski definition) is 5. The van der Waals surface area contributed by atoms with Crippen molar-refractivity contribution >= 4 is 7.67 Å². The van der Waals surface area contributed by atoms with Crippen LogP contribution in [0, 0.1) is 12.3 Å². The first-order valence-electron chi connectivity index (χ1n) is 6.77. The van der Waals surface area contributed by atoms with Gasteiger partial charge in [0.1, 0.15) is 30.8 Å². The van der Waals surface area contributed by atoms with Gasteiger partial charge in [-0.3, -0.25) is 0 Å². The number of hydrogen-bond donors (Lipinski definition) is 0. The Balaban J connectivity index is 1.98. The van der Waals surface area contributed by atoms with E-state index in [9.17, 15) is 4.57 Å². The Bertz CT molecular complexity index is 754. The third kappa shape index (κ3) is 2.47. The fraction of sp³-hybridized carbons (Fsp3) is 0.286. The van der Waals surface area contributed by atoms with Crippen molar-refractivity contribution in [1.29, 1.82) is 0 Å². The van der Waals surface area contributed by atoms with Crippen LogP contribution in [0.1, 0.15) is 12.5 Å². The van der Waals surface area contributed by atoms with Gasteiger partial charge in [0.25, 0.3) is 0 Å². The number of rotatable bonds is 4. The largest absolute Gasteiger partial charge is 0.481 e. The molecule has 22 heavy (non-hydrogen) atoms. The molecule has 2 aromatic rings. The zero-order valence-electron chi connectivity index (χ0n) is 12.0. The van der Waals surface area contributed by atoms with Crippen molar-refractivity contribution in [2.45, 2.75) is 13.5 Å². The molecule has 0 N–H and O–H groups in total. The standard InChI is InChI=1S/C14H15N4O3P/c1-3-7-20-13-6-5-12-9-17(4-2)22(19,21-14(12)8-13)18-11-15-10-16-18/h1,5-6,8,10-11H,4,7,9H2,2H3. The van der Waals surface area contributed by atoms with Gasteiger partial charge in [-0.25, -0.2) is 9.55 Å². The van der Waals surface area contributed by atoms with Crippen LogP contribution in [0.2, 0.25) is 0 Å². The lowest BCUT2D eigenvalue weighted by Crippen LogP contribution is -2.30. The van der Waals surface area contributed by atoms with E-state index in [-0.39, 0.29) is 6.61 Å². The van der Waals surface area contributed by atoms with Crippen molar-refractivity contribution in [1.82, 2.24) is 19.2 Å². The van der Waals surface area contributed by atoms with E-state index in [1.54, 1.807) is 10.7 Å². The summed E-state index contributed by atoms with van der Waals surface area (Å²) in [5.41, 5.74) is 0.932. The molecule has 0 bridgehead atoms. The monoisotopic (exact) mass is 318 g/mol. The van der Waals surface area contributed by atoms with Crippen LogP contribution in [0.25, 0.3) is 0 Å². The van der Waals surface area contributed by atoms with Crippen LogP contribution in [0.15, 0.2) is 30.9 Å². The molecular weight excluding hydrogens is 303 g/mol. The average molecular weight is 318 g/mol. The molecule has 2 heterocycles. The minimum atomic E-state index is -3.33. The second-order valence-electron chi connectivity index (χ2n) is 4.64. The molecule has 0 fully saturated rings. The van der Waals surface area contributed by atoms with Crippen LogP contribution in [0.4, 0.5) is 0 Å². The van der Waals surface area contributed by atoms with Crippen molar-refractivity contribution in [2.75, 3.05) is 13.2 Å². The van der Waals surface area contributed by atoms with Crippen LogP contribution in [0.3, 0.4) is 0 Å². The molecule has 0 radical (unpaired) electrons. The van der Waals surface area contributed by atoms with Gasteiger partial charge in [-0.05, 0) is 6.07 Å². The average Bonchev–Trinajstić information content (AvgIpc) is 3.07. The fourth-order valence-electron chi connectivity index (χ4n) is 2.23. The van der Waals surface area contributed by atoms with Crippen LogP contribution in [-0.4, -0.2) is 32.4 Å². The van der Waals surface area contributed by atoms with E-state index < -0.39 is 7.67 Å². The number of nitrogens with zero attached hydrogens (tertiary/aromatic N) is 4. The molecule has 0 spiro atoms. The molecule has 0 aliphatic carbocycles. The number of terminal acetylenes is 1. The summed E-state index contributed by atoms with van der Waals surface area (Å²) in [7, 11) is -3.33. The van der Waals surface area contributed by atoms with E-state index in [1.807, 2.05) is 19.1 Å². The van der Waals surface area contributed by atoms with Gasteiger partial charge in [0, 0.05) is 24.7 Å². The van der Waals surface area contributed by atoms with Crippen molar-refractivity contribution in [3.05, 3.63) is 36.4 Å². The number of aromatic nitrogens is 3. The molecule has 7 nitrogen and oxygen atoms in total. The van der Waals surface area contributed by atoms with Gasteiger partial charge in [0.05, 0.1) is 0 Å². The van der Waals surface area contributed by atoms with Crippen LogP contribution < -0.4 is 9.26 Å². The molecule has 3 rings (SSSR count). The first-order valence-corrected chi connectivity index (χ1v) is 8.30. The van der Waals surface area contributed by atoms with Crippen LogP contribution in [-0.2, 0) is 11.1 Å². The lowest BCUT2D eigenvalue weighted by molar-refractivity contribution is 0.314. The Kier molecular flexibility index (Phi) is 3.88. The Morgan fingerprint density at radius 1 is 1.55 bits per heavy atom. The fourth-order valence-corrected chi connectivity index (χ4v) is 4.17. The van der Waals surface area contributed by atoms with Crippen LogP contribution >= 0.6 is 7.67 Å². The molecule has 0 saturated carbocycles. The maximum Gasteiger partial charge on any atom is 0.443 e. The summed E-state index contributed by atoms with van der Waals surface area (Å²) in [6.07, 6.45) is 7.91. The van der Waals surface area contributed by atoms with Gasteiger partial charge in [0.15, 0.2) is 0 Å². The molecule has 8 heteroatoms. The molecule has 1 aliphatic heterocycles. The van der Waals surface area contributed by atoms with Gasteiger partial charge >= 0.3 is 7.67 Å². The Labute approximate surface area is 128 Å². The van der Waals surface area contributed by atoms with Crippen LogP contribution in [0.5, 0.6) is 11.5 Å². The molecule has 1 aliphatic rings. The van der Waals surface area contributed by atoms with Gasteiger partial charge in [-0.1, -0.05) is 18.9 Å². The molecule has 1 aromatic carbocycles. The van der Waals surface area contributed by atoms with E-state index >= 15 is 0 Å². The SMILES string of the molecule is C#CCOc1ccc2c(c1)OP(=O)(n1cncn1)N(CC)C2. The van der Waals surface area contributed by atoms with Gasteiger partial charge in [-0.2, -0.15) is 9.12 Å². The maximum absolute atomic E-state index is 13.2. The summed E-state index contributed by atoms with van der Waals surface area (Å²) in [5.74, 6) is 3.49. The summed E-state index contributed by atoms with van der Waals surface area (Å²) in [6.45, 7) is 3.15. The quantitative estimate of drug-likeness (QED) is 0.635. The third-order valence-electron chi connectivity index (χ3n) is 3.32. The lowest BCUT2D eigenvalue weighted by atomic mass is 10.2. The summed E-state index contributed by atoms with van der Waals surface area (Å²) >= 11 is 0. The summed E-state index contributed by atoms with van der Waals surface area (Å²) in [6, 6.07) is 5.40. The van der Waals surface area contributed by atoms with E-state index in [0.29, 0.717) is 24.6 Å². The minimum absolute atomic E-state index is 0.167. The Morgan fingerprint density at radius 2 is 2.41 bits per heavy atom. The molecule has 0 saturated heterocycles. The predicted molar refractivity (Wildman–Crippen MR) is 80.5 cm³/mol. The molecule has 0 amide bonds. The molecular formula is C14H15N4O3P. The zero-order chi connectivity index (χ0) is 15.6. The second-order valence-corrected chi connectivity index (χ2v) is 6.78. The molecule has 114 valence electrons. The first-order chi connectivity index (χ1) is 10.7. The highest BCUT2D eigenvalue weighted by Crippen LogP contribution is 2.56. The lowest BCUT2D eigenvalue weighted by Gasteiger charge is -2.34. The maximum atomic E-state index is 13.2. The number of fused-ring (bicyclic) bond motifs is 1. The molecule has 1 aromatic heterocycles. The summed E-state index contributed by atoms with van der Waals surface area (Å²) in [5, 5.41) is 3.97. The summed E-state index contributed by atoms with van der Waals surface area (Å²) in [4.78, 5) is 3.85. The van der Waals surface area contributed by atoms with Gasteiger partial charge in [-0.15, -0.1) is 11.5 Å². The highest BCUT2D eigenvalue weighted by molar-refractivity contribution is 7.55. The third-order valence-corrected chi connectivity index (χ3v) is 5.62. The topological polar surface area (TPSA) is 69.5 Å². The minimum Gasteiger partial charge on any atom is -0.481 e. The van der Waals surface area contributed by atoms with E-state index in [0.717, 1.165) is 5.56 Å². The molecule has 1 unspecified atom stereocenters. The highest BCUT2D eigenvalue weighted by Gasteiger charge is 2.40. The number of benzene rings is 1. The van der Waals surface area contributed by atoms with Crippen molar-refractivity contribution in [3.8, 4) is 23.8 Å². The normalized spacial score (nSPS) is 20.7. The van der Waals surface area contributed by atoms with Crippen molar-refractivity contribution < 1.29 is 13.8 Å². The van der Waals surface area contributed by atoms with Gasteiger partial charge < -0.3 is 9.26 Å². The predicted octanol–water partition coefficient (Wildman–Crippen LogP) is 2.16. The van der Waals surface area contributed by atoms with Crippen molar-refractivity contribution in [3.63, 3.8) is 0 Å². The molecule has 1 atom stereocenters. The smallest absolute Gasteiger partial charge is 0.443 e. The zero-order valence-corrected chi connectivity index (χ0v) is 12.9. The Hall–Kier alpha value is -2.29. The van der Waals surface area contributed by atoms with E-state index in [1.165, 1.54) is 17.1 Å². The van der Waals surface area contributed by atoms with E-state index in [4.69, 9.17) is 15.7 Å². The Morgan fingerprint density at radius 3 is 3.09 bits per heavy atom. The second kappa shape index (κ2) is 5.84. The van der Waals surface area contributed by atoms with Gasteiger partial charge in [0.2, 0.25) is 0 Å². The highest BCUT2D eigenvalue weighted by atomic mass is 31.2.